The third-order valence-corrected chi connectivity index (χ3v) is 3.34. The lowest BCUT2D eigenvalue weighted by Crippen LogP contribution is -2.39. The van der Waals surface area contributed by atoms with Gasteiger partial charge in [-0.05, 0) is 20.3 Å². The molecule has 0 spiro atoms. The van der Waals surface area contributed by atoms with E-state index in [1.165, 1.54) is 4.68 Å². The van der Waals surface area contributed by atoms with E-state index in [0.29, 0.717) is 18.7 Å². The van der Waals surface area contributed by atoms with Crippen molar-refractivity contribution >= 4 is 17.4 Å². The molecular formula is C13H23N5O3. The van der Waals surface area contributed by atoms with E-state index in [1.54, 1.807) is 25.9 Å². The lowest BCUT2D eigenvalue weighted by molar-refractivity contribution is -0.384. The van der Waals surface area contributed by atoms with Crippen molar-refractivity contribution in [3.05, 3.63) is 15.8 Å². The van der Waals surface area contributed by atoms with Crippen molar-refractivity contribution < 1.29 is 9.72 Å². The van der Waals surface area contributed by atoms with Crippen molar-refractivity contribution in [2.75, 3.05) is 18.9 Å². The van der Waals surface area contributed by atoms with Gasteiger partial charge in [-0.1, -0.05) is 13.3 Å². The van der Waals surface area contributed by atoms with E-state index in [0.717, 1.165) is 6.42 Å². The number of carbonyl (C=O) groups excluding carboxylic acids is 1. The summed E-state index contributed by atoms with van der Waals surface area (Å²) in [6.07, 6.45) is 1.30. The normalized spacial score (nSPS) is 12.0. The molecule has 0 radical (unpaired) electrons. The third kappa shape index (κ3) is 3.71. The lowest BCUT2D eigenvalue weighted by Gasteiger charge is -2.20. The fourth-order valence-corrected chi connectivity index (χ4v) is 2.08. The van der Waals surface area contributed by atoms with Gasteiger partial charge in [0.1, 0.15) is 11.7 Å². The van der Waals surface area contributed by atoms with Crippen molar-refractivity contribution in [3.8, 4) is 0 Å². The van der Waals surface area contributed by atoms with Gasteiger partial charge in [0.2, 0.25) is 11.7 Å². The van der Waals surface area contributed by atoms with E-state index < -0.39 is 11.0 Å². The minimum absolute atomic E-state index is 0.0434. The van der Waals surface area contributed by atoms with Gasteiger partial charge in [0.05, 0.1) is 4.92 Å². The predicted molar refractivity (Wildman–Crippen MR) is 80.3 cm³/mol. The van der Waals surface area contributed by atoms with Gasteiger partial charge in [-0.15, -0.1) is 0 Å². The number of likely N-dealkylation sites (N-methyl/N-ethyl adjacent to an activating group) is 1. The number of aryl methyl sites for hydroxylation is 2. The summed E-state index contributed by atoms with van der Waals surface area (Å²) in [5.74, 6) is 0.152. The highest BCUT2D eigenvalue weighted by Gasteiger charge is 2.28. The van der Waals surface area contributed by atoms with E-state index >= 15 is 0 Å². The molecule has 118 valence electrons. The predicted octanol–water partition coefficient (Wildman–Crippen LogP) is 1.56. The summed E-state index contributed by atoms with van der Waals surface area (Å²) >= 11 is 0. The Hall–Kier alpha value is -2.12. The standard InChI is InChI=1S/C13H23N5O3/c1-6-8-10-11(18(20)21)12(17(5)15-10)14-9(3)13(19)16(4)7-2/h9,14H,6-8H2,1-5H3. The van der Waals surface area contributed by atoms with E-state index in [-0.39, 0.29) is 17.4 Å². The third-order valence-electron chi connectivity index (χ3n) is 3.34. The molecule has 8 nitrogen and oxygen atoms in total. The summed E-state index contributed by atoms with van der Waals surface area (Å²) in [4.78, 5) is 24.5. The van der Waals surface area contributed by atoms with Crippen molar-refractivity contribution in [2.24, 2.45) is 7.05 Å². The maximum absolute atomic E-state index is 12.1. The van der Waals surface area contributed by atoms with E-state index in [1.807, 2.05) is 13.8 Å². The number of amides is 1. The molecule has 0 aliphatic carbocycles. The quantitative estimate of drug-likeness (QED) is 0.609. The second-order valence-corrected chi connectivity index (χ2v) is 4.99. The Morgan fingerprint density at radius 2 is 2.14 bits per heavy atom. The second kappa shape index (κ2) is 7.05. The first-order valence-corrected chi connectivity index (χ1v) is 7.05. The molecule has 0 saturated heterocycles. The van der Waals surface area contributed by atoms with Crippen molar-refractivity contribution in [1.29, 1.82) is 0 Å². The number of anilines is 1. The molecule has 0 fully saturated rings. The highest BCUT2D eigenvalue weighted by atomic mass is 16.6. The van der Waals surface area contributed by atoms with Crippen LogP contribution in [-0.2, 0) is 18.3 Å². The molecule has 1 N–H and O–H groups in total. The highest BCUT2D eigenvalue weighted by molar-refractivity contribution is 5.84. The Labute approximate surface area is 124 Å². The number of hydrogen-bond acceptors (Lipinski definition) is 5. The first kappa shape index (κ1) is 16.9. The average molecular weight is 297 g/mol. The molecule has 1 atom stereocenters. The Morgan fingerprint density at radius 1 is 1.52 bits per heavy atom. The first-order valence-electron chi connectivity index (χ1n) is 7.05. The van der Waals surface area contributed by atoms with Crippen LogP contribution in [-0.4, -0.2) is 45.1 Å². The molecule has 0 aliphatic heterocycles. The topological polar surface area (TPSA) is 93.3 Å². The van der Waals surface area contributed by atoms with Gasteiger partial charge < -0.3 is 10.2 Å². The minimum atomic E-state index is -0.557. The molecule has 1 amide bonds. The fraction of sp³-hybridized carbons (Fsp3) is 0.692. The van der Waals surface area contributed by atoms with E-state index in [9.17, 15) is 14.9 Å². The van der Waals surface area contributed by atoms with Gasteiger partial charge in [-0.2, -0.15) is 5.10 Å². The first-order chi connectivity index (χ1) is 9.83. The molecule has 0 bridgehead atoms. The van der Waals surface area contributed by atoms with Gasteiger partial charge in [0, 0.05) is 20.6 Å². The van der Waals surface area contributed by atoms with Gasteiger partial charge in [-0.3, -0.25) is 14.9 Å². The van der Waals surface area contributed by atoms with E-state index in [4.69, 9.17) is 0 Å². The van der Waals surface area contributed by atoms with Crippen LogP contribution in [0.5, 0.6) is 0 Å². The number of carbonyl (C=O) groups is 1. The van der Waals surface area contributed by atoms with E-state index in [2.05, 4.69) is 10.4 Å². The second-order valence-electron chi connectivity index (χ2n) is 4.99. The minimum Gasteiger partial charge on any atom is -0.353 e. The molecule has 1 unspecified atom stereocenters. The van der Waals surface area contributed by atoms with Gasteiger partial charge in [0.25, 0.3) is 0 Å². The molecular weight excluding hydrogens is 274 g/mol. The van der Waals surface area contributed by atoms with Gasteiger partial charge in [-0.25, -0.2) is 4.68 Å². The van der Waals surface area contributed by atoms with Crippen LogP contribution in [0.1, 0.15) is 32.9 Å². The maximum atomic E-state index is 12.1. The summed E-state index contributed by atoms with van der Waals surface area (Å²) in [5, 5.41) is 18.4. The van der Waals surface area contributed by atoms with Crippen LogP contribution >= 0.6 is 0 Å². The Bertz CT molecular complexity index is 526. The van der Waals surface area contributed by atoms with Crippen LogP contribution in [0, 0.1) is 10.1 Å². The number of nitrogens with one attached hydrogen (secondary N) is 1. The lowest BCUT2D eigenvalue weighted by atomic mass is 10.2. The molecule has 0 aromatic carbocycles. The summed E-state index contributed by atoms with van der Waals surface area (Å²) < 4.78 is 1.43. The summed E-state index contributed by atoms with van der Waals surface area (Å²) in [6, 6.07) is -0.557. The van der Waals surface area contributed by atoms with Gasteiger partial charge in [0.15, 0.2) is 0 Å². The summed E-state index contributed by atoms with van der Waals surface area (Å²) in [5.41, 5.74) is 0.397. The van der Waals surface area contributed by atoms with Crippen LogP contribution in [0.15, 0.2) is 0 Å². The van der Waals surface area contributed by atoms with Crippen LogP contribution in [0.2, 0.25) is 0 Å². The van der Waals surface area contributed by atoms with Crippen molar-refractivity contribution in [2.45, 2.75) is 39.7 Å². The molecule has 0 aliphatic rings. The van der Waals surface area contributed by atoms with Crippen LogP contribution in [0.4, 0.5) is 11.5 Å². The number of hydrogen-bond donors (Lipinski definition) is 1. The zero-order valence-electron chi connectivity index (χ0n) is 13.2. The maximum Gasteiger partial charge on any atom is 0.334 e. The monoisotopic (exact) mass is 297 g/mol. The largest absolute Gasteiger partial charge is 0.353 e. The number of aromatic nitrogens is 2. The molecule has 21 heavy (non-hydrogen) atoms. The molecule has 1 aromatic rings. The zero-order valence-corrected chi connectivity index (χ0v) is 13.2. The van der Waals surface area contributed by atoms with Crippen LogP contribution < -0.4 is 5.32 Å². The highest BCUT2D eigenvalue weighted by Crippen LogP contribution is 2.29. The summed E-state index contributed by atoms with van der Waals surface area (Å²) in [6.45, 7) is 6.08. The average Bonchev–Trinajstić information content (AvgIpc) is 2.73. The molecule has 0 saturated carbocycles. The van der Waals surface area contributed by atoms with Gasteiger partial charge >= 0.3 is 5.69 Å². The van der Waals surface area contributed by atoms with Crippen molar-refractivity contribution in [3.63, 3.8) is 0 Å². The fourth-order valence-electron chi connectivity index (χ4n) is 2.08. The molecule has 1 aromatic heterocycles. The zero-order chi connectivity index (χ0) is 16.2. The van der Waals surface area contributed by atoms with Crippen molar-refractivity contribution in [1.82, 2.24) is 14.7 Å². The molecule has 8 heteroatoms. The molecule has 1 rings (SSSR count). The number of nitro groups is 1. The molecule has 1 heterocycles. The Morgan fingerprint density at radius 3 is 2.62 bits per heavy atom. The Kier molecular flexibility index (Phi) is 5.69. The summed E-state index contributed by atoms with van der Waals surface area (Å²) in [7, 11) is 3.33. The SMILES string of the molecule is CCCc1nn(C)c(NC(C)C(=O)N(C)CC)c1[N+](=O)[O-]. The van der Waals surface area contributed by atoms with Crippen LogP contribution in [0.3, 0.4) is 0 Å². The smallest absolute Gasteiger partial charge is 0.334 e. The number of rotatable bonds is 7. The Balaban J connectivity index is 3.07. The van der Waals surface area contributed by atoms with Crippen LogP contribution in [0.25, 0.3) is 0 Å². The number of nitrogens with zero attached hydrogens (tertiary/aromatic N) is 4.